The van der Waals surface area contributed by atoms with Gasteiger partial charge in [-0.15, -0.1) is 0 Å². The maximum absolute atomic E-state index is 9.10. The van der Waals surface area contributed by atoms with E-state index in [4.69, 9.17) is 20.1 Å². The third kappa shape index (κ3) is 4.70. The van der Waals surface area contributed by atoms with E-state index < -0.39 is 6.16 Å². The molecule has 0 unspecified atom stereocenters. The summed E-state index contributed by atoms with van der Waals surface area (Å²) in [5.74, 6) is 0.305. The minimum absolute atomic E-state index is 0.305. The van der Waals surface area contributed by atoms with Gasteiger partial charge in [0.1, 0.15) is 5.75 Å². The molecule has 2 aromatic carbocycles. The molecule has 2 rings (SSSR count). The van der Waals surface area contributed by atoms with E-state index in [9.17, 15) is 0 Å². The largest absolute Gasteiger partial charge is 0.508 e. The van der Waals surface area contributed by atoms with Gasteiger partial charge in [-0.2, -0.15) is 0 Å². The summed E-state index contributed by atoms with van der Waals surface area (Å²) in [6.07, 6.45) is -1.83. The Hall–Kier alpha value is -2.49. The highest BCUT2D eigenvalue weighted by molar-refractivity contribution is 5.63. The molecule has 3 N–H and O–H groups in total. The molecule has 0 heterocycles. The minimum atomic E-state index is -1.83. The van der Waals surface area contributed by atoms with Gasteiger partial charge < -0.3 is 15.3 Å². The third-order valence-electron chi connectivity index (χ3n) is 1.97. The second-order valence-corrected chi connectivity index (χ2v) is 3.20. The Bertz CT molecular complexity index is 459. The molecular weight excluding hydrogens is 220 g/mol. The zero-order valence-corrected chi connectivity index (χ0v) is 8.95. The lowest BCUT2D eigenvalue weighted by molar-refractivity contribution is 0.137. The lowest BCUT2D eigenvalue weighted by Gasteiger charge is -2.00. The van der Waals surface area contributed by atoms with E-state index in [1.54, 1.807) is 12.1 Å². The molecule has 4 nitrogen and oxygen atoms in total. The van der Waals surface area contributed by atoms with Gasteiger partial charge in [0.25, 0.3) is 0 Å². The number of carbonyl (C=O) groups is 1. The molecule has 0 radical (unpaired) electrons. The van der Waals surface area contributed by atoms with Crippen molar-refractivity contribution in [3.05, 3.63) is 54.6 Å². The van der Waals surface area contributed by atoms with E-state index in [1.807, 2.05) is 42.5 Å². The minimum Gasteiger partial charge on any atom is -0.508 e. The van der Waals surface area contributed by atoms with Crippen molar-refractivity contribution in [2.45, 2.75) is 0 Å². The second kappa shape index (κ2) is 6.17. The van der Waals surface area contributed by atoms with Crippen molar-refractivity contribution in [1.82, 2.24) is 0 Å². The van der Waals surface area contributed by atoms with Gasteiger partial charge in [0.05, 0.1) is 0 Å². The van der Waals surface area contributed by atoms with Crippen LogP contribution in [0.3, 0.4) is 0 Å². The molecule has 0 spiro atoms. The molecule has 0 amide bonds. The fraction of sp³-hybridized carbons (Fsp3) is 0. The molecule has 0 saturated carbocycles. The first-order valence-corrected chi connectivity index (χ1v) is 4.86. The Morgan fingerprint density at radius 1 is 0.765 bits per heavy atom. The molecule has 17 heavy (non-hydrogen) atoms. The molecule has 0 atom stereocenters. The van der Waals surface area contributed by atoms with Gasteiger partial charge in [-0.3, -0.25) is 0 Å². The zero-order chi connectivity index (χ0) is 12.7. The summed E-state index contributed by atoms with van der Waals surface area (Å²) < 4.78 is 0. The molecule has 0 aliphatic rings. The van der Waals surface area contributed by atoms with Gasteiger partial charge in [0.2, 0.25) is 0 Å². The standard InChI is InChI=1S/C12H10O.CH2O3/c13-12-8-6-11(7-9-12)10-4-2-1-3-5-10;2-1(3)4/h1-9,13H;(H2,2,3,4). The van der Waals surface area contributed by atoms with Gasteiger partial charge in [0.15, 0.2) is 0 Å². The number of phenolic OH excluding ortho intramolecular Hbond substituents is 1. The molecule has 88 valence electrons. The van der Waals surface area contributed by atoms with Gasteiger partial charge in [-0.05, 0) is 23.3 Å². The van der Waals surface area contributed by atoms with Crippen molar-refractivity contribution >= 4 is 6.16 Å². The predicted octanol–water partition coefficient (Wildman–Crippen LogP) is 3.28. The number of rotatable bonds is 1. The second-order valence-electron chi connectivity index (χ2n) is 3.20. The molecular formula is C13H12O4. The molecule has 0 saturated heterocycles. The molecule has 4 heteroatoms. The van der Waals surface area contributed by atoms with Gasteiger partial charge >= 0.3 is 6.16 Å². The van der Waals surface area contributed by atoms with Crippen molar-refractivity contribution in [1.29, 1.82) is 0 Å². The summed E-state index contributed by atoms with van der Waals surface area (Å²) in [6, 6.07) is 17.3. The average molecular weight is 232 g/mol. The van der Waals surface area contributed by atoms with E-state index in [0.717, 1.165) is 5.56 Å². The van der Waals surface area contributed by atoms with E-state index >= 15 is 0 Å². The Morgan fingerprint density at radius 2 is 1.18 bits per heavy atom. The monoisotopic (exact) mass is 232 g/mol. The van der Waals surface area contributed by atoms with Crippen LogP contribution in [0.15, 0.2) is 54.6 Å². The van der Waals surface area contributed by atoms with Crippen LogP contribution in [0.1, 0.15) is 0 Å². The molecule has 2 aromatic rings. The normalized spacial score (nSPS) is 8.94. The Balaban J connectivity index is 0.000000317. The van der Waals surface area contributed by atoms with Crippen molar-refractivity contribution in [3.8, 4) is 16.9 Å². The Labute approximate surface area is 98.4 Å². The van der Waals surface area contributed by atoms with Gasteiger partial charge in [0, 0.05) is 0 Å². The fourth-order valence-electron chi connectivity index (χ4n) is 1.28. The van der Waals surface area contributed by atoms with Crippen LogP contribution < -0.4 is 0 Å². The zero-order valence-electron chi connectivity index (χ0n) is 8.95. The number of aromatic hydroxyl groups is 1. The first-order valence-electron chi connectivity index (χ1n) is 4.86. The maximum Gasteiger partial charge on any atom is 0.503 e. The molecule has 0 aromatic heterocycles. The molecule has 0 aliphatic carbocycles. The number of benzene rings is 2. The Morgan fingerprint density at radius 3 is 1.65 bits per heavy atom. The summed E-state index contributed by atoms with van der Waals surface area (Å²) in [7, 11) is 0. The summed E-state index contributed by atoms with van der Waals surface area (Å²) in [4.78, 5) is 8.56. The first-order chi connectivity index (χ1) is 8.09. The Kier molecular flexibility index (Phi) is 4.57. The highest BCUT2D eigenvalue weighted by Gasteiger charge is 1.94. The average Bonchev–Trinajstić information content (AvgIpc) is 2.30. The van der Waals surface area contributed by atoms with Crippen LogP contribution in [-0.2, 0) is 0 Å². The van der Waals surface area contributed by atoms with Crippen molar-refractivity contribution in [2.24, 2.45) is 0 Å². The molecule has 0 fully saturated rings. The number of phenols is 1. The van der Waals surface area contributed by atoms with Crippen LogP contribution in [0, 0.1) is 0 Å². The smallest absolute Gasteiger partial charge is 0.503 e. The molecule has 0 aliphatic heterocycles. The van der Waals surface area contributed by atoms with Crippen LogP contribution >= 0.6 is 0 Å². The lowest BCUT2D eigenvalue weighted by atomic mass is 10.1. The van der Waals surface area contributed by atoms with E-state index in [0.29, 0.717) is 5.75 Å². The van der Waals surface area contributed by atoms with Crippen LogP contribution in [-0.4, -0.2) is 21.5 Å². The number of carboxylic acid groups (broad SMARTS) is 2. The quantitative estimate of drug-likeness (QED) is 0.705. The maximum atomic E-state index is 9.10. The van der Waals surface area contributed by atoms with Crippen molar-refractivity contribution < 1.29 is 20.1 Å². The highest BCUT2D eigenvalue weighted by atomic mass is 16.6. The molecule has 0 bridgehead atoms. The van der Waals surface area contributed by atoms with E-state index in [2.05, 4.69) is 0 Å². The van der Waals surface area contributed by atoms with Gasteiger partial charge in [-0.25, -0.2) is 4.79 Å². The lowest BCUT2D eigenvalue weighted by Crippen LogP contribution is -1.81. The number of hydrogen-bond acceptors (Lipinski definition) is 2. The van der Waals surface area contributed by atoms with Gasteiger partial charge in [-0.1, -0.05) is 42.5 Å². The first kappa shape index (κ1) is 12.6. The van der Waals surface area contributed by atoms with Crippen LogP contribution in [0.4, 0.5) is 4.79 Å². The topological polar surface area (TPSA) is 77.8 Å². The van der Waals surface area contributed by atoms with Crippen LogP contribution in [0.25, 0.3) is 11.1 Å². The fourth-order valence-corrected chi connectivity index (χ4v) is 1.28. The van der Waals surface area contributed by atoms with E-state index in [1.165, 1.54) is 5.56 Å². The van der Waals surface area contributed by atoms with Crippen molar-refractivity contribution in [2.75, 3.05) is 0 Å². The van der Waals surface area contributed by atoms with Crippen LogP contribution in [0.2, 0.25) is 0 Å². The summed E-state index contributed by atoms with van der Waals surface area (Å²) in [5, 5.41) is 23.0. The predicted molar refractivity (Wildman–Crippen MR) is 64.2 cm³/mol. The summed E-state index contributed by atoms with van der Waals surface area (Å²) >= 11 is 0. The van der Waals surface area contributed by atoms with Crippen molar-refractivity contribution in [3.63, 3.8) is 0 Å². The third-order valence-corrected chi connectivity index (χ3v) is 1.97. The summed E-state index contributed by atoms with van der Waals surface area (Å²) in [5.41, 5.74) is 2.29. The summed E-state index contributed by atoms with van der Waals surface area (Å²) in [6.45, 7) is 0. The van der Waals surface area contributed by atoms with Crippen LogP contribution in [0.5, 0.6) is 5.75 Å². The SMILES string of the molecule is O=C(O)O.Oc1ccc(-c2ccccc2)cc1. The highest BCUT2D eigenvalue weighted by Crippen LogP contribution is 2.20. The van der Waals surface area contributed by atoms with E-state index in [-0.39, 0.29) is 0 Å². The number of hydrogen-bond donors (Lipinski definition) is 3.